The van der Waals surface area contributed by atoms with Gasteiger partial charge in [0.2, 0.25) is 10.0 Å². The number of H-pyrrole nitrogens is 1. The standard InChI is InChI=1S/C9H16N4O2S/c1-7-9(8(2)12-11-7)16(14,15)13-5-3-10-4-6-13/h10H,3-6H2,1-2H3,(H,11,12). The SMILES string of the molecule is Cc1n[nH]c(C)c1S(=O)(=O)N1CCNCC1. The molecule has 0 spiro atoms. The van der Waals surface area contributed by atoms with Gasteiger partial charge in [0, 0.05) is 26.2 Å². The van der Waals surface area contributed by atoms with Gasteiger partial charge in [-0.15, -0.1) is 0 Å². The maximum atomic E-state index is 12.3. The Bertz CT molecular complexity index is 454. The first kappa shape index (κ1) is 11.6. The minimum Gasteiger partial charge on any atom is -0.314 e. The van der Waals surface area contributed by atoms with Crippen LogP contribution in [-0.2, 0) is 10.0 Å². The lowest BCUT2D eigenvalue weighted by atomic mass is 10.4. The third-order valence-corrected chi connectivity index (χ3v) is 4.90. The van der Waals surface area contributed by atoms with Crippen molar-refractivity contribution >= 4 is 10.0 Å². The fraction of sp³-hybridized carbons (Fsp3) is 0.667. The molecule has 1 fully saturated rings. The van der Waals surface area contributed by atoms with Crippen LogP contribution in [0.2, 0.25) is 0 Å². The van der Waals surface area contributed by atoms with Gasteiger partial charge in [-0.05, 0) is 13.8 Å². The average molecular weight is 244 g/mol. The number of hydrogen-bond acceptors (Lipinski definition) is 4. The van der Waals surface area contributed by atoms with Crippen LogP contribution in [0, 0.1) is 13.8 Å². The van der Waals surface area contributed by atoms with Crippen LogP contribution in [0.3, 0.4) is 0 Å². The van der Waals surface area contributed by atoms with Crippen LogP contribution in [0.4, 0.5) is 0 Å². The molecule has 0 saturated carbocycles. The number of nitrogens with zero attached hydrogens (tertiary/aromatic N) is 2. The van der Waals surface area contributed by atoms with Crippen LogP contribution in [0.5, 0.6) is 0 Å². The zero-order valence-corrected chi connectivity index (χ0v) is 10.3. The predicted molar refractivity (Wildman–Crippen MR) is 59.7 cm³/mol. The van der Waals surface area contributed by atoms with E-state index in [2.05, 4.69) is 15.5 Å². The molecule has 0 bridgehead atoms. The Balaban J connectivity index is 2.38. The normalized spacial score (nSPS) is 18.9. The van der Waals surface area contributed by atoms with Crippen molar-refractivity contribution in [1.29, 1.82) is 0 Å². The number of aryl methyl sites for hydroxylation is 2. The van der Waals surface area contributed by atoms with Crippen molar-refractivity contribution in [3.8, 4) is 0 Å². The third-order valence-electron chi connectivity index (χ3n) is 2.73. The van der Waals surface area contributed by atoms with Crippen molar-refractivity contribution in [3.63, 3.8) is 0 Å². The fourth-order valence-corrected chi connectivity index (χ4v) is 3.71. The molecule has 2 rings (SSSR count). The zero-order chi connectivity index (χ0) is 11.8. The summed E-state index contributed by atoms with van der Waals surface area (Å²) in [6, 6.07) is 0. The highest BCUT2D eigenvalue weighted by molar-refractivity contribution is 7.89. The molecule has 7 heteroatoms. The van der Waals surface area contributed by atoms with E-state index in [1.165, 1.54) is 4.31 Å². The quantitative estimate of drug-likeness (QED) is 0.743. The Morgan fingerprint density at radius 1 is 1.25 bits per heavy atom. The number of rotatable bonds is 2. The highest BCUT2D eigenvalue weighted by atomic mass is 32.2. The van der Waals surface area contributed by atoms with Gasteiger partial charge in [-0.2, -0.15) is 9.40 Å². The topological polar surface area (TPSA) is 78.1 Å². The molecule has 0 amide bonds. The Hall–Kier alpha value is -0.920. The molecule has 0 unspecified atom stereocenters. The molecule has 2 N–H and O–H groups in total. The fourth-order valence-electron chi connectivity index (χ4n) is 1.93. The highest BCUT2D eigenvalue weighted by Crippen LogP contribution is 2.21. The van der Waals surface area contributed by atoms with Gasteiger partial charge < -0.3 is 5.32 Å². The molecule has 0 aromatic carbocycles. The largest absolute Gasteiger partial charge is 0.314 e. The summed E-state index contributed by atoms with van der Waals surface area (Å²) in [6.45, 7) is 5.89. The second-order valence-corrected chi connectivity index (χ2v) is 5.79. The molecule has 0 atom stereocenters. The van der Waals surface area contributed by atoms with Crippen molar-refractivity contribution in [2.45, 2.75) is 18.7 Å². The molecule has 6 nitrogen and oxygen atoms in total. The van der Waals surface area contributed by atoms with Gasteiger partial charge in [-0.25, -0.2) is 8.42 Å². The smallest absolute Gasteiger partial charge is 0.246 e. The van der Waals surface area contributed by atoms with Crippen molar-refractivity contribution in [2.75, 3.05) is 26.2 Å². The first-order valence-corrected chi connectivity index (χ1v) is 6.70. The predicted octanol–water partition coefficient (Wildman–Crippen LogP) is -0.380. The van der Waals surface area contributed by atoms with Crippen LogP contribution in [0.25, 0.3) is 0 Å². The molecule has 90 valence electrons. The van der Waals surface area contributed by atoms with Gasteiger partial charge in [0.15, 0.2) is 0 Å². The van der Waals surface area contributed by atoms with E-state index in [-0.39, 0.29) is 0 Å². The number of sulfonamides is 1. The molecule has 1 aliphatic rings. The Morgan fingerprint density at radius 3 is 2.38 bits per heavy atom. The molecule has 0 radical (unpaired) electrons. The monoisotopic (exact) mass is 244 g/mol. The minimum absolute atomic E-state index is 0.328. The summed E-state index contributed by atoms with van der Waals surface area (Å²) >= 11 is 0. The third kappa shape index (κ3) is 1.85. The Kier molecular flexibility index (Phi) is 3.00. The number of nitrogens with one attached hydrogen (secondary N) is 2. The molecular weight excluding hydrogens is 228 g/mol. The van der Waals surface area contributed by atoms with Crippen LogP contribution in [0.1, 0.15) is 11.4 Å². The van der Waals surface area contributed by atoms with Crippen LogP contribution in [-0.4, -0.2) is 49.1 Å². The summed E-state index contributed by atoms with van der Waals surface area (Å²) in [4.78, 5) is 0.328. The molecule has 1 saturated heterocycles. The molecule has 1 aromatic heterocycles. The van der Waals surface area contributed by atoms with Gasteiger partial charge in [0.1, 0.15) is 4.90 Å². The van der Waals surface area contributed by atoms with E-state index in [0.717, 1.165) is 0 Å². The molecule has 1 aliphatic heterocycles. The summed E-state index contributed by atoms with van der Waals surface area (Å²) in [7, 11) is -3.38. The van der Waals surface area contributed by atoms with Gasteiger partial charge in [-0.1, -0.05) is 0 Å². The van der Waals surface area contributed by atoms with E-state index in [4.69, 9.17) is 0 Å². The Morgan fingerprint density at radius 2 is 1.88 bits per heavy atom. The second kappa shape index (κ2) is 4.15. The van der Waals surface area contributed by atoms with E-state index >= 15 is 0 Å². The van der Waals surface area contributed by atoms with Crippen LogP contribution >= 0.6 is 0 Å². The molecular formula is C9H16N4O2S. The number of piperazine rings is 1. The van der Waals surface area contributed by atoms with E-state index in [9.17, 15) is 8.42 Å². The van der Waals surface area contributed by atoms with E-state index in [0.29, 0.717) is 42.5 Å². The van der Waals surface area contributed by atoms with E-state index in [1.807, 2.05) is 0 Å². The summed E-state index contributed by atoms with van der Waals surface area (Å²) < 4.78 is 26.2. The first-order valence-electron chi connectivity index (χ1n) is 5.26. The molecule has 16 heavy (non-hydrogen) atoms. The number of hydrogen-bond donors (Lipinski definition) is 2. The van der Waals surface area contributed by atoms with Crippen molar-refractivity contribution in [2.24, 2.45) is 0 Å². The summed E-state index contributed by atoms with van der Waals surface area (Å²) in [5.41, 5.74) is 1.15. The van der Waals surface area contributed by atoms with Gasteiger partial charge in [-0.3, -0.25) is 5.10 Å². The maximum absolute atomic E-state index is 12.3. The maximum Gasteiger partial charge on any atom is 0.246 e. The number of aromatic nitrogens is 2. The second-order valence-electron chi connectivity index (χ2n) is 3.92. The zero-order valence-electron chi connectivity index (χ0n) is 9.45. The lowest BCUT2D eigenvalue weighted by molar-refractivity contribution is 0.360. The minimum atomic E-state index is -3.38. The lowest BCUT2D eigenvalue weighted by Crippen LogP contribution is -2.46. The molecule has 0 aliphatic carbocycles. The van der Waals surface area contributed by atoms with Gasteiger partial charge >= 0.3 is 0 Å². The van der Waals surface area contributed by atoms with Crippen molar-refractivity contribution < 1.29 is 8.42 Å². The van der Waals surface area contributed by atoms with Crippen molar-refractivity contribution in [3.05, 3.63) is 11.4 Å². The first-order chi connectivity index (χ1) is 7.53. The van der Waals surface area contributed by atoms with Gasteiger partial charge in [0.25, 0.3) is 0 Å². The van der Waals surface area contributed by atoms with Gasteiger partial charge in [0.05, 0.1) is 11.4 Å². The molecule has 1 aromatic rings. The van der Waals surface area contributed by atoms with E-state index in [1.54, 1.807) is 13.8 Å². The summed E-state index contributed by atoms with van der Waals surface area (Å²) in [6.07, 6.45) is 0. The van der Waals surface area contributed by atoms with Crippen LogP contribution < -0.4 is 5.32 Å². The summed E-state index contributed by atoms with van der Waals surface area (Å²) in [5.74, 6) is 0. The highest BCUT2D eigenvalue weighted by Gasteiger charge is 2.30. The average Bonchev–Trinajstić information content (AvgIpc) is 2.60. The Labute approximate surface area is 95.1 Å². The van der Waals surface area contributed by atoms with Crippen LogP contribution in [0.15, 0.2) is 4.90 Å². The lowest BCUT2D eigenvalue weighted by Gasteiger charge is -2.26. The number of aromatic amines is 1. The molecule has 2 heterocycles. The summed E-state index contributed by atoms with van der Waals surface area (Å²) in [5, 5.41) is 9.77. The van der Waals surface area contributed by atoms with Crippen molar-refractivity contribution in [1.82, 2.24) is 19.8 Å². The van der Waals surface area contributed by atoms with E-state index < -0.39 is 10.0 Å².